The smallest absolute Gasteiger partial charge is 0.407 e. The number of nitrogens with one attached hydrogen (secondary N) is 2. The molecule has 1 aromatic carbocycles. The first-order chi connectivity index (χ1) is 57.7. The van der Waals surface area contributed by atoms with Crippen LogP contribution in [0.25, 0.3) is 0 Å². The summed E-state index contributed by atoms with van der Waals surface area (Å²) in [6.07, 6.45) is -13.4. The van der Waals surface area contributed by atoms with Crippen molar-refractivity contribution >= 4 is 65.7 Å². The van der Waals surface area contributed by atoms with Crippen molar-refractivity contribution in [3.05, 3.63) is 17.7 Å². The molecule has 13 atom stereocenters. The van der Waals surface area contributed by atoms with Gasteiger partial charge in [0.25, 0.3) is 0 Å². The molecule has 0 aromatic heterocycles. The molecule has 3 aliphatic heterocycles. The minimum atomic E-state index is -1.29. The largest absolute Gasteiger partial charge is 0.487 e. The molecule has 1 aromatic rings. The van der Waals surface area contributed by atoms with Gasteiger partial charge in [0.15, 0.2) is 54.8 Å². The Morgan fingerprint density at radius 3 is 1.04 bits per heavy atom. The highest BCUT2D eigenvalue weighted by Gasteiger charge is 2.52. The van der Waals surface area contributed by atoms with Gasteiger partial charge in [0, 0.05) is 95.2 Å². The van der Waals surface area contributed by atoms with Crippen LogP contribution in [0.1, 0.15) is 87.6 Å². The lowest BCUT2D eigenvalue weighted by atomic mass is 9.96. The number of hydrogen-bond donors (Lipinski definition) is 3. The number of hydrogen-bond acceptors (Lipinski definition) is 42. The van der Waals surface area contributed by atoms with E-state index in [2.05, 4.69) is 10.6 Å². The normalized spacial score (nSPS) is 21.3. The summed E-state index contributed by atoms with van der Waals surface area (Å²) in [7, 11) is 0. The fraction of sp³-hybridized carbons (Fsp3) is 0.776. The van der Waals surface area contributed by atoms with Gasteiger partial charge in [-0.1, -0.05) is 0 Å². The number of amides is 2. The minimum Gasteiger partial charge on any atom is -0.487 e. The second-order valence-electron chi connectivity index (χ2n) is 26.1. The fourth-order valence-corrected chi connectivity index (χ4v) is 11.3. The van der Waals surface area contributed by atoms with Crippen molar-refractivity contribution in [1.29, 1.82) is 0 Å². The van der Waals surface area contributed by atoms with Crippen molar-refractivity contribution < 1.29 is 195 Å². The molecule has 2 amide bonds. The van der Waals surface area contributed by atoms with Gasteiger partial charge in [-0.15, -0.1) is 0 Å². The van der Waals surface area contributed by atoms with Crippen molar-refractivity contribution in [2.45, 2.75) is 169 Å². The van der Waals surface area contributed by atoms with E-state index >= 15 is 0 Å². The average Bonchev–Trinajstić information content (AvgIpc) is 0.792. The molecule has 0 aliphatic carbocycles. The second kappa shape index (κ2) is 62.9. The van der Waals surface area contributed by atoms with Crippen LogP contribution in [0.3, 0.4) is 0 Å². The molecule has 686 valence electrons. The highest BCUT2D eigenvalue weighted by molar-refractivity contribution is 5.74. The molecule has 3 aliphatic rings. The molecule has 3 fully saturated rings. The van der Waals surface area contributed by atoms with Crippen LogP contribution in [0.2, 0.25) is 0 Å². The fourth-order valence-electron chi connectivity index (χ4n) is 11.3. The highest BCUT2D eigenvalue weighted by Crippen LogP contribution is 2.40. The van der Waals surface area contributed by atoms with E-state index in [9.17, 15) is 52.7 Å². The van der Waals surface area contributed by atoms with E-state index in [4.69, 9.17) is 148 Å². The molecule has 3 saturated heterocycles. The number of benzene rings is 1. The van der Waals surface area contributed by atoms with Crippen molar-refractivity contribution in [3.63, 3.8) is 0 Å². The predicted octanol–water partition coefficient (Wildman–Crippen LogP) is -0.0206. The Bertz CT molecular complexity index is 3140. The van der Waals surface area contributed by atoms with Crippen molar-refractivity contribution in [3.8, 4) is 17.2 Å². The summed E-state index contributed by atoms with van der Waals surface area (Å²) in [6.45, 7) is 14.9. The summed E-state index contributed by atoms with van der Waals surface area (Å²) in [5.41, 5.74) is 5.91. The lowest BCUT2D eigenvalue weighted by molar-refractivity contribution is -0.279. The Hall–Kier alpha value is -8.13. The Kier molecular flexibility index (Phi) is 54.6. The van der Waals surface area contributed by atoms with Crippen LogP contribution in [0.15, 0.2) is 12.1 Å². The average molecular weight is 1730 g/mol. The summed E-state index contributed by atoms with van der Waals surface area (Å²) in [5.74, 6) is -5.86. The predicted molar refractivity (Wildman–Crippen MR) is 403 cm³/mol. The maximum absolute atomic E-state index is 12.9. The maximum atomic E-state index is 12.9. The van der Waals surface area contributed by atoms with E-state index in [0.717, 1.165) is 13.8 Å². The van der Waals surface area contributed by atoms with Crippen LogP contribution < -0.4 is 30.6 Å². The van der Waals surface area contributed by atoms with Crippen molar-refractivity contribution in [2.75, 3.05) is 218 Å². The molecule has 12 unspecified atom stereocenters. The molecule has 120 heavy (non-hydrogen) atoms. The number of nitrogens with two attached hydrogens (primary N) is 1. The van der Waals surface area contributed by atoms with Crippen molar-refractivity contribution in [1.82, 2.24) is 10.6 Å². The lowest BCUT2D eigenvalue weighted by Crippen LogP contribution is -2.66. The third-order valence-electron chi connectivity index (χ3n) is 16.0. The quantitative estimate of drug-likeness (QED) is 0.0438. The third kappa shape index (κ3) is 47.3. The zero-order valence-corrected chi connectivity index (χ0v) is 69.9. The van der Waals surface area contributed by atoms with Gasteiger partial charge in [-0.2, -0.15) is 0 Å². The van der Waals surface area contributed by atoms with Gasteiger partial charge in [-0.3, -0.25) is 47.9 Å². The van der Waals surface area contributed by atoms with Crippen LogP contribution in [0.4, 0.5) is 4.79 Å². The first kappa shape index (κ1) is 104. The molecular weight excluding hydrogens is 1610 g/mol. The summed E-state index contributed by atoms with van der Waals surface area (Å²) in [6, 6.07) is 2.08. The van der Waals surface area contributed by atoms with Crippen LogP contribution >= 0.6 is 0 Å². The maximum Gasteiger partial charge on any atom is 0.407 e. The topological polar surface area (TPSA) is 515 Å². The zero-order chi connectivity index (χ0) is 87.7. The van der Waals surface area contributed by atoms with E-state index in [1.54, 1.807) is 12.1 Å². The number of esters is 9. The second-order valence-corrected chi connectivity index (χ2v) is 26.1. The molecule has 4 N–H and O–H groups in total. The molecule has 44 heteroatoms. The highest BCUT2D eigenvalue weighted by atomic mass is 16.7. The Morgan fingerprint density at radius 2 is 0.675 bits per heavy atom. The summed E-state index contributed by atoms with van der Waals surface area (Å²) < 4.78 is 170. The molecule has 0 bridgehead atoms. The SMILES string of the molecule is CC(=O)NC1C(OCCOCCOCCOCCOc2cc(COC(=O)NCCOCCOCCN)cc(OCCOCCOCCOCCOC3CC(OC(C)=O)C(OC(C)=O)C(COC(C)=O)O3)c2OCCOCCOCCOCCOC2C[C@H](OC(C)=O)C(OC(C)=O)C(COC(C)=O)O2)OC(COC(C)=O)C(OC(C)=O)C1OC(C)=O. The van der Waals surface area contributed by atoms with Crippen LogP contribution in [-0.4, -0.2) is 363 Å². The molecule has 0 saturated carbocycles. The number of ether oxygens (including phenoxy) is 30. The molecule has 0 radical (unpaired) electrons. The summed E-state index contributed by atoms with van der Waals surface area (Å²) >= 11 is 0. The van der Waals surface area contributed by atoms with Crippen LogP contribution in [0.5, 0.6) is 17.2 Å². The van der Waals surface area contributed by atoms with Gasteiger partial charge in [0.1, 0.15) is 82.8 Å². The number of rotatable bonds is 65. The molecular formula is C76H121N3O41. The molecule has 4 rings (SSSR count). The Balaban J connectivity index is 1.33. The Labute approximate surface area is 696 Å². The summed E-state index contributed by atoms with van der Waals surface area (Å²) in [4.78, 5) is 132. The number of carbonyl (C=O) groups excluding carboxylic acids is 11. The third-order valence-corrected chi connectivity index (χ3v) is 16.0. The van der Waals surface area contributed by atoms with E-state index in [0.29, 0.717) is 31.9 Å². The van der Waals surface area contributed by atoms with Crippen LogP contribution in [-0.2, 0) is 182 Å². The van der Waals surface area contributed by atoms with Crippen LogP contribution in [0, 0.1) is 0 Å². The van der Waals surface area contributed by atoms with Gasteiger partial charge in [0.2, 0.25) is 11.7 Å². The standard InChI is InChI=1S/C76H121N3O41/c1-49(80)79-69-74(117-58(10)89)73(116-57(9)88)66(48-110-52(4)83)120-75(69)107-40-34-101-28-22-94-18-24-97-30-36-103-61-42-59(45-111-76(90)78-12-14-92-16-15-91-13-11-77)41-60(102-35-29-96-23-17-93-19-25-98-31-37-104-67-43-62(112-53(5)84)71(114-55(7)86)64(118-67)46-108-50(2)81)70(61)106-39-33-100-27-21-95-20-26-99-32-38-105-68-44-63(113-54(6)85)72(115-56(8)87)65(119-68)47-109-51(3)82/h41-42,62-69,71-75H,11-40,43-48,77H2,1-10H3,(H,78,90)(H,79,80)/t62?,63-,64?,65?,66?,67?,68?,69?,71?,72?,73?,74?,75?/m0/s1. The number of carbonyl (C=O) groups is 11. The van der Waals surface area contributed by atoms with E-state index in [1.807, 2.05) is 0 Å². The summed E-state index contributed by atoms with van der Waals surface area (Å²) in [5, 5.41) is 5.28. The molecule has 3 heterocycles. The number of alkyl carbamates (subject to hydrolysis) is 1. The van der Waals surface area contributed by atoms with Gasteiger partial charge in [-0.05, 0) is 17.7 Å². The van der Waals surface area contributed by atoms with Gasteiger partial charge in [0.05, 0.1) is 165 Å². The monoisotopic (exact) mass is 1730 g/mol. The first-order valence-corrected chi connectivity index (χ1v) is 39.3. The minimum absolute atomic E-state index is 0.00308. The van der Waals surface area contributed by atoms with Gasteiger partial charge < -0.3 is 158 Å². The van der Waals surface area contributed by atoms with E-state index in [-0.39, 0.29) is 222 Å². The lowest BCUT2D eigenvalue weighted by Gasteiger charge is -2.44. The Morgan fingerprint density at radius 1 is 0.350 bits per heavy atom. The van der Waals surface area contributed by atoms with E-state index < -0.39 is 152 Å². The van der Waals surface area contributed by atoms with Gasteiger partial charge >= 0.3 is 59.8 Å². The van der Waals surface area contributed by atoms with Gasteiger partial charge in [-0.25, -0.2) is 4.79 Å². The first-order valence-electron chi connectivity index (χ1n) is 39.3. The molecule has 0 spiro atoms. The zero-order valence-electron chi connectivity index (χ0n) is 69.9. The van der Waals surface area contributed by atoms with Crippen molar-refractivity contribution in [2.24, 2.45) is 5.73 Å². The molecule has 44 nitrogen and oxygen atoms in total. The van der Waals surface area contributed by atoms with E-state index in [1.165, 1.54) is 55.4 Å².